The van der Waals surface area contributed by atoms with E-state index in [4.69, 9.17) is 28.4 Å². The number of ether oxygens (including phenoxy) is 6. The Morgan fingerprint density at radius 1 is 0.548 bits per heavy atom. The normalized spacial score (nSPS) is 22.1. The van der Waals surface area contributed by atoms with E-state index in [-0.39, 0.29) is 6.61 Å². The molecule has 7 heteroatoms. The van der Waals surface area contributed by atoms with Crippen LogP contribution in [0.5, 0.6) is 5.75 Å². The highest BCUT2D eigenvalue weighted by Gasteiger charge is 2.48. The van der Waals surface area contributed by atoms with Gasteiger partial charge in [-0.2, -0.15) is 0 Å². The van der Waals surface area contributed by atoms with Crippen LogP contribution in [0.25, 0.3) is 0 Å². The van der Waals surface area contributed by atoms with E-state index < -0.39 is 30.7 Å². The van der Waals surface area contributed by atoms with Crippen LogP contribution in [0.3, 0.4) is 0 Å². The Labute approximate surface area is 247 Å². The lowest BCUT2D eigenvalue weighted by Crippen LogP contribution is -2.61. The van der Waals surface area contributed by atoms with Gasteiger partial charge in [0.25, 0.3) is 0 Å². The average Bonchev–Trinajstić information content (AvgIpc) is 3.04. The van der Waals surface area contributed by atoms with E-state index in [9.17, 15) is 5.11 Å². The zero-order valence-electron chi connectivity index (χ0n) is 23.8. The molecule has 0 aliphatic carbocycles. The van der Waals surface area contributed by atoms with Crippen molar-refractivity contribution in [1.82, 2.24) is 0 Å². The zero-order chi connectivity index (χ0) is 29.0. The standard InChI is InChI=1S/C35H38O7/c1-37-30-19-17-29(18-20-30)21-38-25-31-32(39-22-26-11-5-2-6-12-26)33(40-23-27-13-7-3-8-14-27)34(35(36)42-31)41-24-28-15-9-4-10-16-28/h2-20,31-36H,21-25H2,1H3/t31-,32-,33+,34-,35-/m1/s1. The van der Waals surface area contributed by atoms with E-state index in [0.29, 0.717) is 26.4 Å². The van der Waals surface area contributed by atoms with E-state index in [1.807, 2.05) is 115 Å². The summed E-state index contributed by atoms with van der Waals surface area (Å²) in [5.74, 6) is 0.784. The van der Waals surface area contributed by atoms with Gasteiger partial charge in [0.1, 0.15) is 30.2 Å². The lowest BCUT2D eigenvalue weighted by Gasteiger charge is -2.44. The SMILES string of the molecule is COc1ccc(COC[C@H]2O[C@@H](O)[C@H](OCc3ccccc3)[C@@H](OCc3ccccc3)[C@@H]2OCc2ccccc2)cc1. The van der Waals surface area contributed by atoms with E-state index in [1.54, 1.807) is 7.11 Å². The highest BCUT2D eigenvalue weighted by Crippen LogP contribution is 2.30. The van der Waals surface area contributed by atoms with Crippen molar-refractivity contribution in [2.45, 2.75) is 57.1 Å². The molecule has 1 aliphatic heterocycles. The molecule has 0 saturated carbocycles. The highest BCUT2D eigenvalue weighted by atomic mass is 16.7. The smallest absolute Gasteiger partial charge is 0.184 e. The molecule has 1 fully saturated rings. The van der Waals surface area contributed by atoms with Gasteiger partial charge in [0, 0.05) is 0 Å². The summed E-state index contributed by atoms with van der Waals surface area (Å²) in [6.07, 6.45) is -3.82. The molecular formula is C35H38O7. The van der Waals surface area contributed by atoms with E-state index in [0.717, 1.165) is 28.0 Å². The van der Waals surface area contributed by atoms with E-state index >= 15 is 0 Å². The summed E-state index contributed by atoms with van der Waals surface area (Å²) in [7, 11) is 1.64. The summed E-state index contributed by atoms with van der Waals surface area (Å²) in [6.45, 7) is 1.53. The van der Waals surface area contributed by atoms with Crippen molar-refractivity contribution in [3.63, 3.8) is 0 Å². The number of hydrogen-bond acceptors (Lipinski definition) is 7. The van der Waals surface area contributed by atoms with Crippen molar-refractivity contribution in [2.24, 2.45) is 0 Å². The molecule has 0 unspecified atom stereocenters. The van der Waals surface area contributed by atoms with Gasteiger partial charge in [-0.3, -0.25) is 0 Å². The second-order valence-electron chi connectivity index (χ2n) is 10.2. The van der Waals surface area contributed by atoms with Crippen LogP contribution in [0.2, 0.25) is 0 Å². The van der Waals surface area contributed by atoms with Gasteiger partial charge in [-0.25, -0.2) is 0 Å². The van der Waals surface area contributed by atoms with Crippen LogP contribution in [0.4, 0.5) is 0 Å². The van der Waals surface area contributed by atoms with Gasteiger partial charge in [-0.05, 0) is 34.4 Å². The molecule has 220 valence electrons. The van der Waals surface area contributed by atoms with Crippen molar-refractivity contribution < 1.29 is 33.5 Å². The first-order chi connectivity index (χ1) is 20.7. The minimum atomic E-state index is -1.24. The van der Waals surface area contributed by atoms with E-state index in [2.05, 4.69) is 0 Å². The summed E-state index contributed by atoms with van der Waals surface area (Å²) < 4.78 is 36.8. The first-order valence-corrected chi connectivity index (χ1v) is 14.2. The third kappa shape index (κ3) is 8.49. The largest absolute Gasteiger partial charge is 0.497 e. The maximum absolute atomic E-state index is 11.2. The molecule has 5 atom stereocenters. The predicted octanol–water partition coefficient (Wildman–Crippen LogP) is 5.69. The Kier molecular flexibility index (Phi) is 11.1. The fourth-order valence-corrected chi connectivity index (χ4v) is 4.91. The summed E-state index contributed by atoms with van der Waals surface area (Å²) >= 11 is 0. The second-order valence-corrected chi connectivity index (χ2v) is 10.2. The minimum absolute atomic E-state index is 0.194. The lowest BCUT2D eigenvalue weighted by atomic mass is 9.98. The lowest BCUT2D eigenvalue weighted by molar-refractivity contribution is -0.317. The molecule has 4 aromatic carbocycles. The molecule has 4 aromatic rings. The molecule has 0 aromatic heterocycles. The highest BCUT2D eigenvalue weighted by molar-refractivity contribution is 5.26. The maximum atomic E-state index is 11.2. The molecule has 1 aliphatic rings. The predicted molar refractivity (Wildman–Crippen MR) is 159 cm³/mol. The number of benzene rings is 4. The number of aliphatic hydroxyl groups excluding tert-OH is 1. The second kappa shape index (κ2) is 15.6. The van der Waals surface area contributed by atoms with Crippen molar-refractivity contribution in [3.8, 4) is 5.75 Å². The Balaban J connectivity index is 1.34. The molecule has 0 radical (unpaired) electrons. The molecule has 1 saturated heterocycles. The van der Waals surface area contributed by atoms with Crippen LogP contribution >= 0.6 is 0 Å². The monoisotopic (exact) mass is 570 g/mol. The fraction of sp³-hybridized carbons (Fsp3) is 0.314. The molecule has 5 rings (SSSR count). The first kappa shape index (κ1) is 29.9. The number of methoxy groups -OCH3 is 1. The van der Waals surface area contributed by atoms with Crippen molar-refractivity contribution in [3.05, 3.63) is 138 Å². The van der Waals surface area contributed by atoms with Gasteiger partial charge < -0.3 is 33.5 Å². The molecule has 1 heterocycles. The number of aliphatic hydroxyl groups is 1. The summed E-state index contributed by atoms with van der Waals surface area (Å²) in [5, 5.41) is 11.2. The summed E-state index contributed by atoms with van der Waals surface area (Å²) in [4.78, 5) is 0. The molecular weight excluding hydrogens is 532 g/mol. The van der Waals surface area contributed by atoms with Gasteiger partial charge in [-0.1, -0.05) is 103 Å². The molecule has 0 spiro atoms. The summed E-state index contributed by atoms with van der Waals surface area (Å²) in [5.41, 5.74) is 4.01. The Hall–Kier alpha value is -3.56. The zero-order valence-corrected chi connectivity index (χ0v) is 23.8. The Morgan fingerprint density at radius 2 is 1.00 bits per heavy atom. The van der Waals surface area contributed by atoms with E-state index in [1.165, 1.54) is 0 Å². The van der Waals surface area contributed by atoms with Crippen molar-refractivity contribution >= 4 is 0 Å². The van der Waals surface area contributed by atoms with Gasteiger partial charge in [0.05, 0.1) is 40.1 Å². The maximum Gasteiger partial charge on any atom is 0.184 e. The van der Waals surface area contributed by atoms with Gasteiger partial charge in [0.2, 0.25) is 0 Å². The summed E-state index contributed by atoms with van der Waals surface area (Å²) in [6, 6.07) is 37.4. The third-order valence-electron chi connectivity index (χ3n) is 7.18. The number of hydrogen-bond donors (Lipinski definition) is 1. The van der Waals surface area contributed by atoms with Gasteiger partial charge in [-0.15, -0.1) is 0 Å². The van der Waals surface area contributed by atoms with Gasteiger partial charge in [0.15, 0.2) is 6.29 Å². The first-order valence-electron chi connectivity index (χ1n) is 14.2. The topological polar surface area (TPSA) is 75.6 Å². The van der Waals surface area contributed by atoms with Crippen molar-refractivity contribution in [2.75, 3.05) is 13.7 Å². The van der Waals surface area contributed by atoms with Gasteiger partial charge >= 0.3 is 0 Å². The van der Waals surface area contributed by atoms with Crippen LogP contribution in [-0.4, -0.2) is 49.5 Å². The average molecular weight is 571 g/mol. The van der Waals surface area contributed by atoms with Crippen LogP contribution in [-0.2, 0) is 50.1 Å². The van der Waals surface area contributed by atoms with Crippen LogP contribution < -0.4 is 4.74 Å². The Morgan fingerprint density at radius 3 is 1.50 bits per heavy atom. The van der Waals surface area contributed by atoms with Crippen LogP contribution in [0.15, 0.2) is 115 Å². The molecule has 0 amide bonds. The molecule has 1 N–H and O–H groups in total. The molecule has 0 bridgehead atoms. The molecule has 42 heavy (non-hydrogen) atoms. The van der Waals surface area contributed by atoms with Crippen molar-refractivity contribution in [1.29, 1.82) is 0 Å². The Bertz CT molecular complexity index is 1300. The van der Waals surface area contributed by atoms with Crippen LogP contribution in [0.1, 0.15) is 22.3 Å². The fourth-order valence-electron chi connectivity index (χ4n) is 4.91. The quantitative estimate of drug-likeness (QED) is 0.209. The minimum Gasteiger partial charge on any atom is -0.497 e. The van der Waals surface area contributed by atoms with Crippen LogP contribution in [0, 0.1) is 0 Å². The number of rotatable bonds is 14. The third-order valence-corrected chi connectivity index (χ3v) is 7.18. The molecule has 7 nitrogen and oxygen atoms in total.